The summed E-state index contributed by atoms with van der Waals surface area (Å²) < 4.78 is 5.88. The molecule has 1 aromatic carbocycles. The van der Waals surface area contributed by atoms with Crippen molar-refractivity contribution in [3.05, 3.63) is 29.3 Å². The van der Waals surface area contributed by atoms with E-state index in [2.05, 4.69) is 30.0 Å². The Bertz CT molecular complexity index is 492. The van der Waals surface area contributed by atoms with E-state index in [1.807, 2.05) is 18.7 Å². The average molecular weight is 309 g/mol. The molecule has 1 N–H and O–H groups in total. The van der Waals surface area contributed by atoms with Crippen molar-refractivity contribution in [1.82, 2.24) is 4.90 Å². The van der Waals surface area contributed by atoms with Gasteiger partial charge in [-0.15, -0.1) is 0 Å². The normalized spacial score (nSPS) is 19.4. The quantitative estimate of drug-likeness (QED) is 0.875. The van der Waals surface area contributed by atoms with Gasteiger partial charge in [-0.1, -0.05) is 12.1 Å². The molecular weight excluding hydrogens is 286 g/mol. The number of benzene rings is 1. The van der Waals surface area contributed by atoms with Gasteiger partial charge < -0.3 is 9.84 Å². The molecule has 0 radical (unpaired) electrons. The van der Waals surface area contributed by atoms with Gasteiger partial charge in [0.1, 0.15) is 12.4 Å². The molecule has 0 aliphatic carbocycles. The van der Waals surface area contributed by atoms with Crippen molar-refractivity contribution in [2.24, 2.45) is 0 Å². The summed E-state index contributed by atoms with van der Waals surface area (Å²) in [7, 11) is 0. The summed E-state index contributed by atoms with van der Waals surface area (Å²) in [5.41, 5.74) is 2.32. The summed E-state index contributed by atoms with van der Waals surface area (Å²) in [6, 6.07) is 6.32. The Morgan fingerprint density at radius 3 is 3.05 bits per heavy atom. The molecule has 4 nitrogen and oxygen atoms in total. The zero-order valence-electron chi connectivity index (χ0n) is 12.7. The van der Waals surface area contributed by atoms with Gasteiger partial charge in [-0.3, -0.25) is 9.69 Å². The number of carboxylic acids is 1. The van der Waals surface area contributed by atoms with Crippen molar-refractivity contribution in [1.29, 1.82) is 0 Å². The first-order chi connectivity index (χ1) is 10.1. The molecule has 0 saturated carbocycles. The van der Waals surface area contributed by atoms with E-state index in [9.17, 15) is 4.79 Å². The van der Waals surface area contributed by atoms with Gasteiger partial charge in [0.25, 0.3) is 0 Å². The largest absolute Gasteiger partial charge is 0.492 e. The van der Waals surface area contributed by atoms with E-state index >= 15 is 0 Å². The smallest absolute Gasteiger partial charge is 0.304 e. The van der Waals surface area contributed by atoms with Gasteiger partial charge in [0, 0.05) is 30.6 Å². The van der Waals surface area contributed by atoms with Crippen molar-refractivity contribution in [3.8, 4) is 5.75 Å². The van der Waals surface area contributed by atoms with Gasteiger partial charge in [-0.2, -0.15) is 11.8 Å². The molecule has 0 amide bonds. The number of carboxylic acid groups (broad SMARTS) is 1. The molecule has 1 aromatic rings. The summed E-state index contributed by atoms with van der Waals surface area (Å²) in [5.74, 6) is 2.18. The summed E-state index contributed by atoms with van der Waals surface area (Å²) in [5, 5.41) is 8.99. The second kappa shape index (κ2) is 7.71. The van der Waals surface area contributed by atoms with E-state index in [0.717, 1.165) is 35.9 Å². The van der Waals surface area contributed by atoms with Crippen LogP contribution in [0.5, 0.6) is 5.75 Å². The van der Waals surface area contributed by atoms with Crippen molar-refractivity contribution < 1.29 is 14.6 Å². The van der Waals surface area contributed by atoms with E-state index < -0.39 is 5.97 Å². The van der Waals surface area contributed by atoms with Gasteiger partial charge in [-0.25, -0.2) is 0 Å². The number of hydrogen-bond donors (Lipinski definition) is 1. The van der Waals surface area contributed by atoms with Crippen molar-refractivity contribution in [2.45, 2.75) is 26.3 Å². The molecule has 0 bridgehead atoms. The molecule has 5 heteroatoms. The molecule has 2 rings (SSSR count). The number of aryl methyl sites for hydroxylation is 2. The van der Waals surface area contributed by atoms with Crippen LogP contribution >= 0.6 is 11.8 Å². The number of thioether (sulfide) groups is 1. The van der Waals surface area contributed by atoms with Crippen LogP contribution in [0.2, 0.25) is 0 Å². The summed E-state index contributed by atoms with van der Waals surface area (Å²) in [6.45, 7) is 6.42. The highest BCUT2D eigenvalue weighted by Crippen LogP contribution is 2.21. The van der Waals surface area contributed by atoms with Gasteiger partial charge >= 0.3 is 5.97 Å². The van der Waals surface area contributed by atoms with Crippen LogP contribution in [0.4, 0.5) is 0 Å². The van der Waals surface area contributed by atoms with Gasteiger partial charge in [0.15, 0.2) is 0 Å². The van der Waals surface area contributed by atoms with E-state index in [4.69, 9.17) is 9.84 Å². The van der Waals surface area contributed by atoms with E-state index in [1.54, 1.807) is 0 Å². The van der Waals surface area contributed by atoms with Crippen LogP contribution in [-0.2, 0) is 4.79 Å². The first-order valence-corrected chi connectivity index (χ1v) is 8.45. The van der Waals surface area contributed by atoms with Crippen LogP contribution < -0.4 is 4.74 Å². The van der Waals surface area contributed by atoms with E-state index in [-0.39, 0.29) is 12.5 Å². The van der Waals surface area contributed by atoms with Crippen LogP contribution in [0.25, 0.3) is 0 Å². The minimum Gasteiger partial charge on any atom is -0.492 e. The first kappa shape index (κ1) is 16.2. The third-order valence-electron chi connectivity index (χ3n) is 3.74. The fraction of sp³-hybridized carbons (Fsp3) is 0.562. The lowest BCUT2D eigenvalue weighted by molar-refractivity contribution is -0.138. The van der Waals surface area contributed by atoms with Crippen molar-refractivity contribution >= 4 is 17.7 Å². The lowest BCUT2D eigenvalue weighted by atomic mass is 10.1. The first-order valence-electron chi connectivity index (χ1n) is 7.30. The number of hydrogen-bond acceptors (Lipinski definition) is 4. The van der Waals surface area contributed by atoms with Crippen molar-refractivity contribution in [3.63, 3.8) is 0 Å². The predicted octanol–water partition coefficient (Wildman–Crippen LogP) is 2.57. The Kier molecular flexibility index (Phi) is 5.94. The Morgan fingerprint density at radius 1 is 1.48 bits per heavy atom. The molecule has 0 spiro atoms. The Hall–Kier alpha value is -1.20. The maximum Gasteiger partial charge on any atom is 0.304 e. The highest BCUT2D eigenvalue weighted by Gasteiger charge is 2.24. The maximum absolute atomic E-state index is 10.9. The Labute approximate surface area is 130 Å². The SMILES string of the molecule is Cc1ccc(C)c(OCCN2CCSCC2CC(=O)O)c1. The zero-order valence-corrected chi connectivity index (χ0v) is 13.5. The van der Waals surface area contributed by atoms with E-state index in [1.165, 1.54) is 5.56 Å². The molecule has 1 unspecified atom stereocenters. The topological polar surface area (TPSA) is 49.8 Å². The Balaban J connectivity index is 1.86. The highest BCUT2D eigenvalue weighted by molar-refractivity contribution is 7.99. The molecule has 0 aromatic heterocycles. The molecule has 116 valence electrons. The van der Waals surface area contributed by atoms with E-state index in [0.29, 0.717) is 6.61 Å². The van der Waals surface area contributed by atoms with Crippen molar-refractivity contribution in [2.75, 3.05) is 31.2 Å². The minimum absolute atomic E-state index is 0.128. The second-order valence-electron chi connectivity index (χ2n) is 5.48. The molecule has 1 fully saturated rings. The Morgan fingerprint density at radius 2 is 2.29 bits per heavy atom. The standard InChI is InChI=1S/C16H23NO3S/c1-12-3-4-13(2)15(9-12)20-7-5-17-6-8-21-11-14(17)10-16(18)19/h3-4,9,14H,5-8,10-11H2,1-2H3,(H,18,19). The molecule has 21 heavy (non-hydrogen) atoms. The third kappa shape index (κ3) is 4.93. The molecule has 1 aliphatic rings. The maximum atomic E-state index is 10.9. The predicted molar refractivity (Wildman–Crippen MR) is 86.3 cm³/mol. The molecule has 1 saturated heterocycles. The summed E-state index contributed by atoms with van der Waals surface area (Å²) in [4.78, 5) is 13.2. The molecule has 1 aliphatic heterocycles. The lowest BCUT2D eigenvalue weighted by Crippen LogP contribution is -2.45. The minimum atomic E-state index is -0.719. The molecular formula is C16H23NO3S. The van der Waals surface area contributed by atoms with Crippen LogP contribution in [-0.4, -0.2) is 53.2 Å². The monoisotopic (exact) mass is 309 g/mol. The summed E-state index contributed by atoms with van der Waals surface area (Å²) >= 11 is 1.84. The van der Waals surface area contributed by atoms with Gasteiger partial charge in [-0.05, 0) is 31.0 Å². The fourth-order valence-corrected chi connectivity index (χ4v) is 3.64. The number of carbonyl (C=O) groups is 1. The average Bonchev–Trinajstić information content (AvgIpc) is 2.44. The van der Waals surface area contributed by atoms with Crippen LogP contribution in [0.15, 0.2) is 18.2 Å². The van der Waals surface area contributed by atoms with Crippen LogP contribution in [0.3, 0.4) is 0 Å². The number of aliphatic carboxylic acids is 1. The highest BCUT2D eigenvalue weighted by atomic mass is 32.2. The second-order valence-corrected chi connectivity index (χ2v) is 6.63. The molecule has 1 atom stereocenters. The zero-order chi connectivity index (χ0) is 15.2. The number of rotatable bonds is 6. The van der Waals surface area contributed by atoms with Crippen LogP contribution in [0, 0.1) is 13.8 Å². The summed E-state index contributed by atoms with van der Waals surface area (Å²) in [6.07, 6.45) is 0.219. The molecule has 1 heterocycles. The number of ether oxygens (including phenoxy) is 1. The van der Waals surface area contributed by atoms with Crippen LogP contribution in [0.1, 0.15) is 17.5 Å². The van der Waals surface area contributed by atoms with Gasteiger partial charge in [0.05, 0.1) is 6.42 Å². The third-order valence-corrected chi connectivity index (χ3v) is 4.83. The lowest BCUT2D eigenvalue weighted by Gasteiger charge is -2.34. The van der Waals surface area contributed by atoms with Gasteiger partial charge in [0.2, 0.25) is 0 Å². The number of nitrogens with zero attached hydrogens (tertiary/aromatic N) is 1. The fourth-order valence-electron chi connectivity index (χ4n) is 2.51.